The standard InChI is InChI=1S/C16H14BrClN2O/c1-10-7-13(17)8-11-3-2-6-20(15(10)11)16(21)12-4-5-19-14(18)9-12/h4-5,7-9H,2-3,6H2,1H3. The molecule has 1 aromatic carbocycles. The first-order valence-electron chi connectivity index (χ1n) is 6.78. The first kappa shape index (κ1) is 14.5. The van der Waals surface area contributed by atoms with Gasteiger partial charge >= 0.3 is 0 Å². The van der Waals surface area contributed by atoms with Crippen molar-refractivity contribution >= 4 is 39.1 Å². The van der Waals surface area contributed by atoms with Gasteiger partial charge in [-0.15, -0.1) is 0 Å². The number of rotatable bonds is 1. The SMILES string of the molecule is Cc1cc(Br)cc2c1N(C(=O)c1ccnc(Cl)c1)CCC2. The fourth-order valence-electron chi connectivity index (χ4n) is 2.82. The van der Waals surface area contributed by atoms with Gasteiger partial charge in [-0.2, -0.15) is 0 Å². The Morgan fingerprint density at radius 3 is 2.95 bits per heavy atom. The van der Waals surface area contributed by atoms with Crippen LogP contribution in [0, 0.1) is 6.92 Å². The molecule has 3 rings (SSSR count). The number of aromatic nitrogens is 1. The van der Waals surface area contributed by atoms with Crippen LogP contribution in [0.3, 0.4) is 0 Å². The van der Waals surface area contributed by atoms with Gasteiger partial charge in [0.25, 0.3) is 5.91 Å². The maximum atomic E-state index is 12.8. The van der Waals surface area contributed by atoms with Crippen LogP contribution in [0.25, 0.3) is 0 Å². The molecule has 1 aromatic heterocycles. The maximum Gasteiger partial charge on any atom is 0.258 e. The van der Waals surface area contributed by atoms with E-state index in [4.69, 9.17) is 11.6 Å². The molecule has 0 fully saturated rings. The van der Waals surface area contributed by atoms with Crippen molar-refractivity contribution in [3.8, 4) is 0 Å². The van der Waals surface area contributed by atoms with E-state index in [-0.39, 0.29) is 5.91 Å². The summed E-state index contributed by atoms with van der Waals surface area (Å²) in [7, 11) is 0. The van der Waals surface area contributed by atoms with E-state index < -0.39 is 0 Å². The smallest absolute Gasteiger partial charge is 0.258 e. The molecule has 1 aliphatic heterocycles. The molecule has 2 heterocycles. The number of benzene rings is 1. The summed E-state index contributed by atoms with van der Waals surface area (Å²) in [4.78, 5) is 18.6. The van der Waals surface area contributed by atoms with Crippen LogP contribution >= 0.6 is 27.5 Å². The average Bonchev–Trinajstić information content (AvgIpc) is 2.45. The minimum absolute atomic E-state index is 0.0225. The van der Waals surface area contributed by atoms with Crippen molar-refractivity contribution in [1.82, 2.24) is 4.98 Å². The third-order valence-electron chi connectivity index (χ3n) is 3.66. The predicted octanol–water partition coefficient (Wildman–Crippen LogP) is 4.40. The van der Waals surface area contributed by atoms with E-state index in [1.807, 2.05) is 17.9 Å². The normalized spacial score (nSPS) is 14.0. The largest absolute Gasteiger partial charge is 0.308 e. The molecule has 0 atom stereocenters. The summed E-state index contributed by atoms with van der Waals surface area (Å²) in [5, 5.41) is 0.339. The molecule has 108 valence electrons. The number of halogens is 2. The van der Waals surface area contributed by atoms with E-state index >= 15 is 0 Å². The second-order valence-electron chi connectivity index (χ2n) is 5.16. The van der Waals surface area contributed by atoms with E-state index in [1.165, 1.54) is 5.56 Å². The molecular weight excluding hydrogens is 352 g/mol. The van der Waals surface area contributed by atoms with E-state index in [0.717, 1.165) is 35.1 Å². The van der Waals surface area contributed by atoms with Gasteiger partial charge in [0.05, 0.1) is 5.69 Å². The third-order valence-corrected chi connectivity index (χ3v) is 4.33. The Balaban J connectivity index is 2.04. The van der Waals surface area contributed by atoms with Crippen molar-refractivity contribution in [2.75, 3.05) is 11.4 Å². The average molecular weight is 366 g/mol. The molecule has 0 saturated heterocycles. The number of hydrogen-bond acceptors (Lipinski definition) is 2. The fraction of sp³-hybridized carbons (Fsp3) is 0.250. The van der Waals surface area contributed by atoms with Gasteiger partial charge in [0.1, 0.15) is 5.15 Å². The van der Waals surface area contributed by atoms with E-state index in [0.29, 0.717) is 10.7 Å². The van der Waals surface area contributed by atoms with E-state index in [9.17, 15) is 4.79 Å². The number of hydrogen-bond donors (Lipinski definition) is 0. The molecule has 2 aromatic rings. The van der Waals surface area contributed by atoms with Crippen molar-refractivity contribution in [3.05, 3.63) is 56.8 Å². The van der Waals surface area contributed by atoms with Gasteiger partial charge in [0.15, 0.2) is 0 Å². The summed E-state index contributed by atoms with van der Waals surface area (Å²) in [5.41, 5.74) is 3.92. The molecule has 5 heteroatoms. The Bertz CT molecular complexity index is 717. The Morgan fingerprint density at radius 2 is 2.19 bits per heavy atom. The van der Waals surface area contributed by atoms with Crippen molar-refractivity contribution in [2.24, 2.45) is 0 Å². The fourth-order valence-corrected chi connectivity index (χ4v) is 3.61. The second kappa shape index (κ2) is 5.78. The number of carbonyl (C=O) groups is 1. The highest BCUT2D eigenvalue weighted by Gasteiger charge is 2.25. The molecule has 21 heavy (non-hydrogen) atoms. The van der Waals surface area contributed by atoms with Gasteiger partial charge in [-0.05, 0) is 55.2 Å². The number of nitrogens with zero attached hydrogens (tertiary/aromatic N) is 2. The minimum atomic E-state index is -0.0225. The molecule has 1 amide bonds. The first-order chi connectivity index (χ1) is 10.1. The number of pyridine rings is 1. The number of amides is 1. The molecule has 1 aliphatic rings. The minimum Gasteiger partial charge on any atom is -0.308 e. The summed E-state index contributed by atoms with van der Waals surface area (Å²) in [6.07, 6.45) is 3.53. The van der Waals surface area contributed by atoms with Crippen LogP contribution < -0.4 is 4.90 Å². The van der Waals surface area contributed by atoms with Crippen molar-refractivity contribution in [1.29, 1.82) is 0 Å². The van der Waals surface area contributed by atoms with Crippen LogP contribution in [-0.4, -0.2) is 17.4 Å². The highest BCUT2D eigenvalue weighted by molar-refractivity contribution is 9.10. The van der Waals surface area contributed by atoms with Crippen LogP contribution in [0.2, 0.25) is 5.15 Å². The molecule has 0 radical (unpaired) electrons. The van der Waals surface area contributed by atoms with Crippen molar-refractivity contribution < 1.29 is 4.79 Å². The van der Waals surface area contributed by atoms with E-state index in [1.54, 1.807) is 18.3 Å². The number of aryl methyl sites for hydroxylation is 2. The highest BCUT2D eigenvalue weighted by atomic mass is 79.9. The molecular formula is C16H14BrClN2O. The topological polar surface area (TPSA) is 33.2 Å². The van der Waals surface area contributed by atoms with Crippen LogP contribution in [0.5, 0.6) is 0 Å². The quantitative estimate of drug-likeness (QED) is 0.702. The summed E-state index contributed by atoms with van der Waals surface area (Å²) >= 11 is 9.42. The summed E-state index contributed by atoms with van der Waals surface area (Å²) in [6.45, 7) is 2.77. The lowest BCUT2D eigenvalue weighted by Crippen LogP contribution is -2.36. The number of carbonyl (C=O) groups excluding carboxylic acids is 1. The summed E-state index contributed by atoms with van der Waals surface area (Å²) < 4.78 is 1.06. The highest BCUT2D eigenvalue weighted by Crippen LogP contribution is 2.34. The molecule has 0 unspecified atom stereocenters. The molecule has 0 bridgehead atoms. The zero-order valence-corrected chi connectivity index (χ0v) is 13.9. The van der Waals surface area contributed by atoms with E-state index in [2.05, 4.69) is 27.0 Å². The van der Waals surface area contributed by atoms with Crippen molar-refractivity contribution in [3.63, 3.8) is 0 Å². The van der Waals surface area contributed by atoms with Gasteiger partial charge in [-0.25, -0.2) is 4.98 Å². The summed E-state index contributed by atoms with van der Waals surface area (Å²) in [6, 6.07) is 7.47. The molecule has 0 N–H and O–H groups in total. The Kier molecular flexibility index (Phi) is 4.00. The Labute approximate surface area is 137 Å². The first-order valence-corrected chi connectivity index (χ1v) is 7.96. The van der Waals surface area contributed by atoms with Gasteiger partial charge in [0.2, 0.25) is 0 Å². The number of anilines is 1. The lowest BCUT2D eigenvalue weighted by Gasteiger charge is -2.31. The lowest BCUT2D eigenvalue weighted by molar-refractivity contribution is 0.0985. The van der Waals surface area contributed by atoms with Crippen LogP contribution in [0.15, 0.2) is 34.9 Å². The molecule has 0 saturated carbocycles. The molecule has 0 spiro atoms. The van der Waals surface area contributed by atoms with Crippen LogP contribution in [-0.2, 0) is 6.42 Å². The molecule has 0 aliphatic carbocycles. The van der Waals surface area contributed by atoms with Gasteiger partial charge in [-0.3, -0.25) is 4.79 Å². The van der Waals surface area contributed by atoms with Gasteiger partial charge in [-0.1, -0.05) is 27.5 Å². The zero-order valence-electron chi connectivity index (χ0n) is 11.6. The van der Waals surface area contributed by atoms with Gasteiger partial charge in [0, 0.05) is 22.8 Å². The van der Waals surface area contributed by atoms with Gasteiger partial charge < -0.3 is 4.90 Å². The Hall–Kier alpha value is -1.39. The van der Waals surface area contributed by atoms with Crippen LogP contribution in [0.4, 0.5) is 5.69 Å². The number of fused-ring (bicyclic) bond motifs is 1. The van der Waals surface area contributed by atoms with Crippen molar-refractivity contribution in [2.45, 2.75) is 19.8 Å². The zero-order chi connectivity index (χ0) is 15.0. The Morgan fingerprint density at radius 1 is 1.38 bits per heavy atom. The lowest BCUT2D eigenvalue weighted by atomic mass is 9.97. The molecule has 3 nitrogen and oxygen atoms in total. The summed E-state index contributed by atoms with van der Waals surface area (Å²) in [5.74, 6) is -0.0225. The second-order valence-corrected chi connectivity index (χ2v) is 6.46. The maximum absolute atomic E-state index is 12.8. The third kappa shape index (κ3) is 2.83. The van der Waals surface area contributed by atoms with Crippen LogP contribution in [0.1, 0.15) is 27.9 Å². The predicted molar refractivity (Wildman–Crippen MR) is 88.1 cm³/mol. The monoisotopic (exact) mass is 364 g/mol.